The molecule has 1 aliphatic heterocycles. The summed E-state index contributed by atoms with van der Waals surface area (Å²) >= 11 is 0. The van der Waals surface area contributed by atoms with E-state index in [1.807, 2.05) is 0 Å². The van der Waals surface area contributed by atoms with Crippen molar-refractivity contribution in [2.75, 3.05) is 39.9 Å². The highest BCUT2D eigenvalue weighted by molar-refractivity contribution is 5.79. The molecule has 0 bridgehead atoms. The van der Waals surface area contributed by atoms with E-state index < -0.39 is 0 Å². The molecule has 6 nitrogen and oxygen atoms in total. The van der Waals surface area contributed by atoms with Gasteiger partial charge in [-0.1, -0.05) is 0 Å². The van der Waals surface area contributed by atoms with Gasteiger partial charge in [-0.15, -0.1) is 0 Å². The second-order valence-electron chi connectivity index (χ2n) is 3.31. The van der Waals surface area contributed by atoms with Crippen molar-refractivity contribution < 1.29 is 14.3 Å². The summed E-state index contributed by atoms with van der Waals surface area (Å²) in [7, 11) is 1.58. The summed E-state index contributed by atoms with van der Waals surface area (Å²) in [6.07, 6.45) is 0.344. The van der Waals surface area contributed by atoms with E-state index in [1.54, 1.807) is 12.0 Å². The fourth-order valence-corrected chi connectivity index (χ4v) is 1.34. The molecular formula is C9H17N3O3. The lowest BCUT2D eigenvalue weighted by atomic mass is 10.3. The van der Waals surface area contributed by atoms with Gasteiger partial charge in [0, 0.05) is 39.7 Å². The van der Waals surface area contributed by atoms with E-state index in [9.17, 15) is 9.59 Å². The number of nitrogens with one attached hydrogen (secondary N) is 2. The van der Waals surface area contributed by atoms with Crippen LogP contribution in [-0.2, 0) is 9.53 Å². The number of urea groups is 1. The fraction of sp³-hybridized carbons (Fsp3) is 0.778. The van der Waals surface area contributed by atoms with Gasteiger partial charge in [0.1, 0.15) is 0 Å². The van der Waals surface area contributed by atoms with Crippen molar-refractivity contribution in [3.63, 3.8) is 0 Å². The molecule has 0 unspecified atom stereocenters. The van der Waals surface area contributed by atoms with Crippen molar-refractivity contribution in [3.05, 3.63) is 0 Å². The van der Waals surface area contributed by atoms with Crippen LogP contribution in [0.15, 0.2) is 0 Å². The Bertz CT molecular complexity index is 233. The van der Waals surface area contributed by atoms with E-state index >= 15 is 0 Å². The van der Waals surface area contributed by atoms with Gasteiger partial charge in [-0.05, 0) is 0 Å². The Kier molecular flexibility index (Phi) is 4.89. The lowest BCUT2D eigenvalue weighted by molar-refractivity contribution is -0.121. The van der Waals surface area contributed by atoms with Crippen LogP contribution in [0.1, 0.15) is 6.42 Å². The average Bonchev–Trinajstić information content (AvgIpc) is 2.61. The van der Waals surface area contributed by atoms with Gasteiger partial charge in [-0.3, -0.25) is 4.79 Å². The van der Waals surface area contributed by atoms with E-state index in [-0.39, 0.29) is 11.9 Å². The molecule has 15 heavy (non-hydrogen) atoms. The first kappa shape index (κ1) is 11.8. The van der Waals surface area contributed by atoms with Gasteiger partial charge in [-0.25, -0.2) is 4.79 Å². The standard InChI is InChI=1S/C9H17N3O3/c1-15-7-4-10-8(13)2-5-12-6-3-11-9(12)14/h2-7H2,1H3,(H,10,13)(H,11,14). The summed E-state index contributed by atoms with van der Waals surface area (Å²) < 4.78 is 4.80. The Balaban J connectivity index is 2.08. The van der Waals surface area contributed by atoms with Gasteiger partial charge in [0.15, 0.2) is 0 Å². The summed E-state index contributed by atoms with van der Waals surface area (Å²) in [6.45, 7) is 2.86. The Morgan fingerprint density at radius 3 is 3.07 bits per heavy atom. The quantitative estimate of drug-likeness (QED) is 0.568. The molecule has 0 radical (unpaired) electrons. The topological polar surface area (TPSA) is 70.7 Å². The molecule has 0 aromatic carbocycles. The first-order valence-corrected chi connectivity index (χ1v) is 5.02. The largest absolute Gasteiger partial charge is 0.383 e. The first-order valence-electron chi connectivity index (χ1n) is 5.02. The van der Waals surface area contributed by atoms with Crippen LogP contribution in [-0.4, -0.2) is 56.7 Å². The molecule has 0 atom stereocenters. The highest BCUT2D eigenvalue weighted by atomic mass is 16.5. The van der Waals surface area contributed by atoms with E-state index in [2.05, 4.69) is 10.6 Å². The van der Waals surface area contributed by atoms with Gasteiger partial charge in [0.2, 0.25) is 5.91 Å². The zero-order valence-electron chi connectivity index (χ0n) is 8.91. The minimum absolute atomic E-state index is 0.0493. The Morgan fingerprint density at radius 2 is 2.47 bits per heavy atom. The zero-order chi connectivity index (χ0) is 11.1. The molecule has 2 N–H and O–H groups in total. The number of carbonyl (C=O) groups excluding carboxylic acids is 2. The minimum Gasteiger partial charge on any atom is -0.383 e. The number of nitrogens with zero attached hydrogens (tertiary/aromatic N) is 1. The molecule has 0 aliphatic carbocycles. The summed E-state index contributed by atoms with van der Waals surface area (Å²) in [5.41, 5.74) is 0. The van der Waals surface area contributed by atoms with Crippen LogP contribution in [0.3, 0.4) is 0 Å². The Hall–Kier alpha value is -1.30. The lowest BCUT2D eigenvalue weighted by Gasteiger charge is -2.13. The average molecular weight is 215 g/mol. The monoisotopic (exact) mass is 215 g/mol. The maximum absolute atomic E-state index is 11.3. The normalized spacial score (nSPS) is 15.3. The third-order valence-electron chi connectivity index (χ3n) is 2.18. The van der Waals surface area contributed by atoms with Gasteiger partial charge < -0.3 is 20.3 Å². The van der Waals surface area contributed by atoms with Crippen LogP contribution in [0.2, 0.25) is 0 Å². The smallest absolute Gasteiger partial charge is 0.317 e. The van der Waals surface area contributed by atoms with Crippen molar-refractivity contribution in [1.82, 2.24) is 15.5 Å². The van der Waals surface area contributed by atoms with Crippen molar-refractivity contribution in [2.45, 2.75) is 6.42 Å². The molecule has 0 spiro atoms. The van der Waals surface area contributed by atoms with Gasteiger partial charge in [-0.2, -0.15) is 0 Å². The number of hydrogen-bond acceptors (Lipinski definition) is 3. The van der Waals surface area contributed by atoms with Crippen molar-refractivity contribution >= 4 is 11.9 Å². The maximum atomic E-state index is 11.3. The molecule has 1 saturated heterocycles. The molecule has 1 heterocycles. The number of methoxy groups -OCH3 is 1. The molecule has 1 fully saturated rings. The van der Waals surface area contributed by atoms with Crippen molar-refractivity contribution in [3.8, 4) is 0 Å². The van der Waals surface area contributed by atoms with Crippen LogP contribution in [0.25, 0.3) is 0 Å². The highest BCUT2D eigenvalue weighted by Crippen LogP contribution is 1.97. The third kappa shape index (κ3) is 4.16. The van der Waals surface area contributed by atoms with Gasteiger partial charge in [0.25, 0.3) is 0 Å². The van der Waals surface area contributed by atoms with Crippen LogP contribution < -0.4 is 10.6 Å². The Morgan fingerprint density at radius 1 is 1.67 bits per heavy atom. The summed E-state index contributed by atoms with van der Waals surface area (Å²) in [4.78, 5) is 24.0. The third-order valence-corrected chi connectivity index (χ3v) is 2.18. The number of rotatable bonds is 6. The van der Waals surface area contributed by atoms with Crippen LogP contribution >= 0.6 is 0 Å². The van der Waals surface area contributed by atoms with Crippen LogP contribution in [0.4, 0.5) is 4.79 Å². The van der Waals surface area contributed by atoms with E-state index in [0.717, 1.165) is 0 Å². The van der Waals surface area contributed by atoms with Crippen LogP contribution in [0, 0.1) is 0 Å². The Labute approximate surface area is 88.9 Å². The number of ether oxygens (including phenoxy) is 1. The van der Waals surface area contributed by atoms with Crippen molar-refractivity contribution in [2.24, 2.45) is 0 Å². The predicted molar refractivity (Wildman–Crippen MR) is 54.5 cm³/mol. The maximum Gasteiger partial charge on any atom is 0.317 e. The summed E-state index contributed by atoms with van der Waals surface area (Å²) in [5, 5.41) is 5.38. The number of amides is 3. The van der Waals surface area contributed by atoms with Crippen molar-refractivity contribution in [1.29, 1.82) is 0 Å². The molecule has 86 valence electrons. The molecule has 0 aromatic rings. The minimum atomic E-state index is -0.0836. The zero-order valence-corrected chi connectivity index (χ0v) is 8.91. The summed E-state index contributed by atoms with van der Waals surface area (Å²) in [5.74, 6) is -0.0493. The SMILES string of the molecule is COCCNC(=O)CCN1CCNC1=O. The first-order chi connectivity index (χ1) is 7.24. The predicted octanol–water partition coefficient (Wildman–Crippen LogP) is -0.836. The molecule has 3 amide bonds. The highest BCUT2D eigenvalue weighted by Gasteiger charge is 2.19. The van der Waals surface area contributed by atoms with E-state index in [1.165, 1.54) is 0 Å². The van der Waals surface area contributed by atoms with Gasteiger partial charge >= 0.3 is 6.03 Å². The van der Waals surface area contributed by atoms with E-state index in [0.29, 0.717) is 39.2 Å². The molecule has 0 saturated carbocycles. The second kappa shape index (κ2) is 6.23. The molecule has 0 aromatic heterocycles. The molecule has 1 rings (SSSR count). The summed E-state index contributed by atoms with van der Waals surface area (Å²) in [6, 6.07) is -0.0836. The number of hydrogen-bond donors (Lipinski definition) is 2. The number of carbonyl (C=O) groups is 2. The second-order valence-corrected chi connectivity index (χ2v) is 3.31. The molecular weight excluding hydrogens is 198 g/mol. The van der Waals surface area contributed by atoms with Gasteiger partial charge in [0.05, 0.1) is 6.61 Å². The molecule has 1 aliphatic rings. The van der Waals surface area contributed by atoms with E-state index in [4.69, 9.17) is 4.74 Å². The lowest BCUT2D eigenvalue weighted by Crippen LogP contribution is -2.34. The molecule has 6 heteroatoms. The fourth-order valence-electron chi connectivity index (χ4n) is 1.34. The van der Waals surface area contributed by atoms with Crippen LogP contribution in [0.5, 0.6) is 0 Å².